The van der Waals surface area contributed by atoms with Gasteiger partial charge in [-0.2, -0.15) is 0 Å². The molecule has 6 nitrogen and oxygen atoms in total. The lowest BCUT2D eigenvalue weighted by atomic mass is 9.89. The molecule has 1 aromatic heterocycles. The van der Waals surface area contributed by atoms with Gasteiger partial charge in [0.2, 0.25) is 11.6 Å². The van der Waals surface area contributed by atoms with Crippen LogP contribution >= 0.6 is 0 Å². The molecule has 116 valence electrons. The third kappa shape index (κ3) is 3.30. The van der Waals surface area contributed by atoms with Gasteiger partial charge in [0.15, 0.2) is 0 Å². The molecule has 2 N–H and O–H groups in total. The number of carboxylic acids is 1. The first-order valence-corrected chi connectivity index (χ1v) is 6.63. The molecule has 2 aromatic rings. The standard InChI is InChI=1S/C15H15FN2O4/c1-10(9-13(19)20)15(16,11-5-3-2-4-6-11)18-14(21)12-7-8-17-22-12/h2-8,10H,9H2,1H3,(H,18,21)(H,19,20). The molecule has 7 heteroatoms. The first kappa shape index (κ1) is 15.7. The highest BCUT2D eigenvalue weighted by Crippen LogP contribution is 2.34. The summed E-state index contributed by atoms with van der Waals surface area (Å²) in [4.78, 5) is 22.9. The average Bonchev–Trinajstić information content (AvgIpc) is 3.01. The minimum Gasteiger partial charge on any atom is -0.481 e. The Kier molecular flexibility index (Phi) is 4.55. The maximum Gasteiger partial charge on any atom is 0.303 e. The number of halogens is 1. The van der Waals surface area contributed by atoms with Gasteiger partial charge in [0, 0.05) is 17.5 Å². The molecule has 0 radical (unpaired) electrons. The van der Waals surface area contributed by atoms with E-state index in [1.165, 1.54) is 31.3 Å². The smallest absolute Gasteiger partial charge is 0.303 e. The highest BCUT2D eigenvalue weighted by molar-refractivity contribution is 5.91. The van der Waals surface area contributed by atoms with Gasteiger partial charge in [-0.1, -0.05) is 42.4 Å². The van der Waals surface area contributed by atoms with E-state index in [2.05, 4.69) is 10.5 Å². The molecular formula is C15H15FN2O4. The van der Waals surface area contributed by atoms with E-state index in [4.69, 9.17) is 9.63 Å². The van der Waals surface area contributed by atoms with Crippen molar-refractivity contribution >= 4 is 11.9 Å². The highest BCUT2D eigenvalue weighted by Gasteiger charge is 2.41. The van der Waals surface area contributed by atoms with E-state index >= 15 is 4.39 Å². The van der Waals surface area contributed by atoms with Crippen LogP contribution in [0.4, 0.5) is 4.39 Å². The van der Waals surface area contributed by atoms with Gasteiger partial charge in [-0.05, 0) is 0 Å². The zero-order valence-corrected chi connectivity index (χ0v) is 11.8. The molecule has 1 aromatic carbocycles. The summed E-state index contributed by atoms with van der Waals surface area (Å²) in [6.07, 6.45) is 0.820. The lowest BCUT2D eigenvalue weighted by molar-refractivity contribution is -0.139. The van der Waals surface area contributed by atoms with E-state index in [0.29, 0.717) is 0 Å². The van der Waals surface area contributed by atoms with Gasteiger partial charge in [0.05, 0.1) is 12.6 Å². The summed E-state index contributed by atoms with van der Waals surface area (Å²) >= 11 is 0. The first-order valence-electron chi connectivity index (χ1n) is 6.63. The molecule has 0 aliphatic heterocycles. The van der Waals surface area contributed by atoms with Crippen molar-refractivity contribution in [1.82, 2.24) is 10.5 Å². The predicted octanol–water partition coefficient (Wildman–Crippen LogP) is 2.34. The van der Waals surface area contributed by atoms with Gasteiger partial charge in [0.25, 0.3) is 5.91 Å². The molecule has 0 fully saturated rings. The SMILES string of the molecule is CC(CC(=O)O)C(F)(NC(=O)c1ccno1)c1ccccc1. The number of aliphatic carboxylic acids is 1. The second-order valence-corrected chi connectivity index (χ2v) is 4.91. The Bertz CT molecular complexity index is 645. The van der Waals surface area contributed by atoms with Gasteiger partial charge in [-0.25, -0.2) is 4.39 Å². The second-order valence-electron chi connectivity index (χ2n) is 4.91. The summed E-state index contributed by atoms with van der Waals surface area (Å²) in [5, 5.41) is 14.5. The van der Waals surface area contributed by atoms with Gasteiger partial charge >= 0.3 is 5.97 Å². The Hall–Kier alpha value is -2.70. The molecule has 1 heterocycles. The molecule has 0 bridgehead atoms. The molecule has 2 atom stereocenters. The molecule has 0 saturated heterocycles. The number of amides is 1. The van der Waals surface area contributed by atoms with E-state index in [1.807, 2.05) is 0 Å². The maximum atomic E-state index is 15.5. The fourth-order valence-electron chi connectivity index (χ4n) is 2.12. The molecule has 2 rings (SSSR count). The van der Waals surface area contributed by atoms with Crippen LogP contribution in [0.2, 0.25) is 0 Å². The molecule has 22 heavy (non-hydrogen) atoms. The van der Waals surface area contributed by atoms with E-state index in [1.54, 1.807) is 18.2 Å². The van der Waals surface area contributed by atoms with Crippen molar-refractivity contribution in [2.45, 2.75) is 19.1 Å². The minimum absolute atomic E-state index is 0.152. The topological polar surface area (TPSA) is 92.4 Å². The number of rotatable bonds is 6. The Balaban J connectivity index is 2.33. The van der Waals surface area contributed by atoms with Crippen molar-refractivity contribution in [1.29, 1.82) is 0 Å². The van der Waals surface area contributed by atoms with Gasteiger partial charge in [-0.3, -0.25) is 9.59 Å². The largest absolute Gasteiger partial charge is 0.481 e. The van der Waals surface area contributed by atoms with Crippen LogP contribution in [0.3, 0.4) is 0 Å². The fourth-order valence-corrected chi connectivity index (χ4v) is 2.12. The average molecular weight is 306 g/mol. The number of benzene rings is 1. The van der Waals surface area contributed by atoms with E-state index in [-0.39, 0.29) is 11.3 Å². The summed E-state index contributed by atoms with van der Waals surface area (Å²) in [6, 6.07) is 9.18. The van der Waals surface area contributed by atoms with Crippen LogP contribution in [-0.4, -0.2) is 22.1 Å². The monoisotopic (exact) mass is 306 g/mol. The minimum atomic E-state index is -2.34. The van der Waals surface area contributed by atoms with Crippen molar-refractivity contribution in [3.63, 3.8) is 0 Å². The lowest BCUT2D eigenvalue weighted by Gasteiger charge is -2.31. The molecule has 0 saturated carbocycles. The zero-order valence-electron chi connectivity index (χ0n) is 11.8. The normalized spacial score (nSPS) is 14.8. The summed E-state index contributed by atoms with van der Waals surface area (Å²) in [5.41, 5.74) is 0.164. The van der Waals surface area contributed by atoms with Crippen LogP contribution < -0.4 is 5.32 Å². The maximum absolute atomic E-state index is 15.5. The summed E-state index contributed by atoms with van der Waals surface area (Å²) < 4.78 is 20.2. The fraction of sp³-hybridized carbons (Fsp3) is 0.267. The van der Waals surface area contributed by atoms with Gasteiger partial charge in [-0.15, -0.1) is 0 Å². The summed E-state index contributed by atoms with van der Waals surface area (Å²) in [5.74, 6) is -5.44. The Morgan fingerprint density at radius 3 is 2.59 bits per heavy atom. The third-order valence-corrected chi connectivity index (χ3v) is 3.31. The first-order chi connectivity index (χ1) is 10.4. The molecule has 2 unspecified atom stereocenters. The van der Waals surface area contributed by atoms with Crippen LogP contribution in [0.15, 0.2) is 47.1 Å². The summed E-state index contributed by atoms with van der Waals surface area (Å²) in [6.45, 7) is 1.42. The van der Waals surface area contributed by atoms with E-state index in [9.17, 15) is 9.59 Å². The number of alkyl halides is 1. The number of hydrogen-bond acceptors (Lipinski definition) is 4. The molecule has 0 aliphatic carbocycles. The quantitative estimate of drug-likeness (QED) is 0.799. The van der Waals surface area contributed by atoms with Crippen LogP contribution in [-0.2, 0) is 10.6 Å². The van der Waals surface area contributed by atoms with Gasteiger partial charge in [0.1, 0.15) is 0 Å². The van der Waals surface area contributed by atoms with Crippen molar-refractivity contribution in [2.24, 2.45) is 5.92 Å². The number of nitrogens with one attached hydrogen (secondary N) is 1. The zero-order chi connectivity index (χ0) is 16.2. The van der Waals surface area contributed by atoms with Crippen molar-refractivity contribution in [3.05, 3.63) is 53.9 Å². The predicted molar refractivity (Wildman–Crippen MR) is 74.6 cm³/mol. The van der Waals surface area contributed by atoms with E-state index < -0.39 is 30.0 Å². The molecule has 0 aliphatic rings. The number of hydrogen-bond donors (Lipinski definition) is 2. The number of carboxylic acid groups (broad SMARTS) is 1. The number of nitrogens with zero attached hydrogens (tertiary/aromatic N) is 1. The van der Waals surface area contributed by atoms with Crippen LogP contribution in [0.5, 0.6) is 0 Å². The van der Waals surface area contributed by atoms with Gasteiger partial charge < -0.3 is 14.9 Å². The van der Waals surface area contributed by atoms with E-state index in [0.717, 1.165) is 0 Å². The lowest BCUT2D eigenvalue weighted by Crippen LogP contribution is -2.47. The number of aromatic nitrogens is 1. The van der Waals surface area contributed by atoms with Crippen LogP contribution in [0.25, 0.3) is 0 Å². The van der Waals surface area contributed by atoms with Crippen LogP contribution in [0.1, 0.15) is 29.5 Å². The summed E-state index contributed by atoms with van der Waals surface area (Å²) in [7, 11) is 0. The number of carbonyl (C=O) groups is 2. The Morgan fingerprint density at radius 2 is 2.05 bits per heavy atom. The van der Waals surface area contributed by atoms with Crippen LogP contribution in [0, 0.1) is 5.92 Å². The third-order valence-electron chi connectivity index (χ3n) is 3.31. The number of carbonyl (C=O) groups excluding carboxylic acids is 1. The van der Waals surface area contributed by atoms with Crippen molar-refractivity contribution in [3.8, 4) is 0 Å². The molecular weight excluding hydrogens is 291 g/mol. The Morgan fingerprint density at radius 1 is 1.36 bits per heavy atom. The molecule has 0 spiro atoms. The Labute approximate surface area is 125 Å². The van der Waals surface area contributed by atoms with Crippen molar-refractivity contribution < 1.29 is 23.6 Å². The highest BCUT2D eigenvalue weighted by atomic mass is 19.1. The second kappa shape index (κ2) is 6.38. The van der Waals surface area contributed by atoms with Crippen molar-refractivity contribution in [2.75, 3.05) is 0 Å². The molecule has 1 amide bonds.